The average molecular weight is 305 g/mol. The Morgan fingerprint density at radius 3 is 2.90 bits per heavy atom. The van der Waals surface area contributed by atoms with Gasteiger partial charge in [-0.25, -0.2) is 9.78 Å². The van der Waals surface area contributed by atoms with Crippen LogP contribution in [0.25, 0.3) is 0 Å². The number of nitrogens with zero attached hydrogens (tertiary/aromatic N) is 2. The Balaban J connectivity index is 1.97. The lowest BCUT2D eigenvalue weighted by Crippen LogP contribution is -2.30. The zero-order valence-electron chi connectivity index (χ0n) is 12.4. The minimum Gasteiger partial charge on any atom is -0.494 e. The van der Waals surface area contributed by atoms with Crippen LogP contribution in [-0.2, 0) is 6.54 Å². The van der Waals surface area contributed by atoms with E-state index >= 15 is 0 Å². The van der Waals surface area contributed by atoms with Crippen LogP contribution >= 0.6 is 11.3 Å². The number of ether oxygens (including phenoxy) is 1. The zero-order chi connectivity index (χ0) is 15.2. The molecule has 1 heterocycles. The number of amides is 2. The fourth-order valence-electron chi connectivity index (χ4n) is 1.87. The number of carbonyl (C=O) groups excluding carboxylic acids is 1. The van der Waals surface area contributed by atoms with Gasteiger partial charge in [0.1, 0.15) is 10.8 Å². The van der Waals surface area contributed by atoms with Crippen molar-refractivity contribution >= 4 is 23.1 Å². The molecule has 0 aliphatic rings. The molecule has 0 fully saturated rings. The Morgan fingerprint density at radius 2 is 2.29 bits per heavy atom. The van der Waals surface area contributed by atoms with E-state index in [4.69, 9.17) is 4.74 Å². The van der Waals surface area contributed by atoms with Gasteiger partial charge in [0, 0.05) is 24.3 Å². The minimum absolute atomic E-state index is 0.159. The van der Waals surface area contributed by atoms with Gasteiger partial charge in [-0.3, -0.25) is 0 Å². The van der Waals surface area contributed by atoms with Crippen molar-refractivity contribution in [3.63, 3.8) is 0 Å². The summed E-state index contributed by atoms with van der Waals surface area (Å²) in [4.78, 5) is 17.9. The monoisotopic (exact) mass is 305 g/mol. The van der Waals surface area contributed by atoms with Crippen molar-refractivity contribution in [3.05, 3.63) is 40.3 Å². The van der Waals surface area contributed by atoms with Crippen LogP contribution in [0.15, 0.2) is 29.8 Å². The van der Waals surface area contributed by atoms with E-state index in [9.17, 15) is 4.79 Å². The molecule has 112 valence electrons. The van der Waals surface area contributed by atoms with Gasteiger partial charge in [0.2, 0.25) is 0 Å². The van der Waals surface area contributed by atoms with Crippen molar-refractivity contribution in [1.29, 1.82) is 0 Å². The molecule has 1 N–H and O–H groups in total. The van der Waals surface area contributed by atoms with Crippen LogP contribution in [0.4, 0.5) is 10.5 Å². The molecule has 1 aromatic heterocycles. The van der Waals surface area contributed by atoms with Gasteiger partial charge in [-0.15, -0.1) is 11.3 Å². The lowest BCUT2D eigenvalue weighted by atomic mass is 10.2. The smallest absolute Gasteiger partial charge is 0.321 e. The van der Waals surface area contributed by atoms with Gasteiger partial charge >= 0.3 is 6.03 Å². The maximum Gasteiger partial charge on any atom is 0.321 e. The first kappa shape index (κ1) is 15.3. The van der Waals surface area contributed by atoms with Crippen molar-refractivity contribution in [2.24, 2.45) is 0 Å². The molecule has 0 aliphatic carbocycles. The maximum atomic E-state index is 12.1. The van der Waals surface area contributed by atoms with Crippen LogP contribution in [-0.4, -0.2) is 29.6 Å². The van der Waals surface area contributed by atoms with Gasteiger partial charge < -0.3 is 15.0 Å². The first-order valence-corrected chi connectivity index (χ1v) is 7.62. The van der Waals surface area contributed by atoms with Gasteiger partial charge in [0.05, 0.1) is 13.2 Å². The van der Waals surface area contributed by atoms with E-state index in [2.05, 4.69) is 10.3 Å². The molecule has 6 heteroatoms. The predicted octanol–water partition coefficient (Wildman–Crippen LogP) is 3.51. The maximum absolute atomic E-state index is 12.1. The van der Waals surface area contributed by atoms with Crippen molar-refractivity contribution in [3.8, 4) is 5.75 Å². The van der Waals surface area contributed by atoms with E-state index in [0.29, 0.717) is 13.2 Å². The van der Waals surface area contributed by atoms with E-state index in [1.807, 2.05) is 37.4 Å². The van der Waals surface area contributed by atoms with Crippen LogP contribution in [0.5, 0.6) is 5.75 Å². The van der Waals surface area contributed by atoms with Gasteiger partial charge in [-0.05, 0) is 37.6 Å². The summed E-state index contributed by atoms with van der Waals surface area (Å²) in [5.41, 5.74) is 1.75. The molecule has 0 bridgehead atoms. The number of nitrogens with one attached hydrogen (secondary N) is 1. The SMILES string of the molecule is CCOc1ccc(NC(=O)N(C)Cc2nccs2)cc1C. The van der Waals surface area contributed by atoms with Gasteiger partial charge in [0.15, 0.2) is 0 Å². The van der Waals surface area contributed by atoms with Crippen molar-refractivity contribution < 1.29 is 9.53 Å². The number of anilines is 1. The number of carbonyl (C=O) groups is 1. The van der Waals surface area contributed by atoms with E-state index in [0.717, 1.165) is 22.0 Å². The van der Waals surface area contributed by atoms with E-state index in [1.165, 1.54) is 11.3 Å². The average Bonchev–Trinajstić information content (AvgIpc) is 2.95. The third kappa shape index (κ3) is 4.19. The highest BCUT2D eigenvalue weighted by Crippen LogP contribution is 2.22. The normalized spacial score (nSPS) is 10.2. The molecule has 2 amide bonds. The zero-order valence-corrected chi connectivity index (χ0v) is 13.2. The fraction of sp³-hybridized carbons (Fsp3) is 0.333. The van der Waals surface area contributed by atoms with Crippen LogP contribution in [0.2, 0.25) is 0 Å². The van der Waals surface area contributed by atoms with Crippen molar-refractivity contribution in [1.82, 2.24) is 9.88 Å². The van der Waals surface area contributed by atoms with Crippen LogP contribution < -0.4 is 10.1 Å². The second-order valence-corrected chi connectivity index (χ2v) is 5.60. The Morgan fingerprint density at radius 1 is 1.48 bits per heavy atom. The first-order valence-electron chi connectivity index (χ1n) is 6.74. The Bertz CT molecular complexity index is 599. The van der Waals surface area contributed by atoms with Gasteiger partial charge in [-0.1, -0.05) is 0 Å². The molecule has 0 unspecified atom stereocenters. The number of hydrogen-bond acceptors (Lipinski definition) is 4. The Hall–Kier alpha value is -2.08. The molecule has 2 aromatic rings. The summed E-state index contributed by atoms with van der Waals surface area (Å²) < 4.78 is 5.48. The number of benzene rings is 1. The number of urea groups is 1. The third-order valence-corrected chi connectivity index (χ3v) is 3.69. The quantitative estimate of drug-likeness (QED) is 0.919. The second-order valence-electron chi connectivity index (χ2n) is 4.63. The standard InChI is InChI=1S/C15H19N3O2S/c1-4-20-13-6-5-12(9-11(13)2)17-15(19)18(3)10-14-16-7-8-21-14/h5-9H,4,10H2,1-3H3,(H,17,19). The molecule has 21 heavy (non-hydrogen) atoms. The number of rotatable bonds is 5. The topological polar surface area (TPSA) is 54.5 Å². The molecule has 0 atom stereocenters. The molecule has 2 rings (SSSR count). The first-order chi connectivity index (χ1) is 10.1. The Kier molecular flexibility index (Phi) is 5.16. The molecule has 0 spiro atoms. The lowest BCUT2D eigenvalue weighted by molar-refractivity contribution is 0.220. The molecular formula is C15H19N3O2S. The van der Waals surface area contributed by atoms with Crippen LogP contribution in [0, 0.1) is 6.92 Å². The van der Waals surface area contributed by atoms with Gasteiger partial charge in [-0.2, -0.15) is 0 Å². The second kappa shape index (κ2) is 7.08. The number of hydrogen-bond donors (Lipinski definition) is 1. The summed E-state index contributed by atoms with van der Waals surface area (Å²) in [7, 11) is 1.75. The predicted molar refractivity (Wildman–Crippen MR) is 84.9 cm³/mol. The van der Waals surface area contributed by atoms with E-state index in [1.54, 1.807) is 18.1 Å². The molecule has 0 aliphatic heterocycles. The molecule has 0 radical (unpaired) electrons. The number of aryl methyl sites for hydroxylation is 1. The largest absolute Gasteiger partial charge is 0.494 e. The highest BCUT2D eigenvalue weighted by molar-refractivity contribution is 7.09. The number of thiazole rings is 1. The van der Waals surface area contributed by atoms with E-state index in [-0.39, 0.29) is 6.03 Å². The molecule has 1 aromatic carbocycles. The molecule has 5 nitrogen and oxygen atoms in total. The number of aromatic nitrogens is 1. The summed E-state index contributed by atoms with van der Waals surface area (Å²) in [6.45, 7) is 5.03. The fourth-order valence-corrected chi connectivity index (χ4v) is 2.54. The highest BCUT2D eigenvalue weighted by atomic mass is 32.1. The summed E-state index contributed by atoms with van der Waals surface area (Å²) >= 11 is 1.54. The third-order valence-electron chi connectivity index (χ3n) is 2.93. The summed E-state index contributed by atoms with van der Waals surface area (Å²) in [6.07, 6.45) is 1.74. The van der Waals surface area contributed by atoms with E-state index < -0.39 is 0 Å². The summed E-state index contributed by atoms with van der Waals surface area (Å²) in [5, 5.41) is 5.68. The Labute approximate surface area is 128 Å². The van der Waals surface area contributed by atoms with Crippen molar-refractivity contribution in [2.45, 2.75) is 20.4 Å². The summed E-state index contributed by atoms with van der Waals surface area (Å²) in [6, 6.07) is 5.46. The lowest BCUT2D eigenvalue weighted by Gasteiger charge is -2.17. The molecular weight excluding hydrogens is 286 g/mol. The molecule has 0 saturated heterocycles. The molecule has 0 saturated carbocycles. The van der Waals surface area contributed by atoms with Crippen molar-refractivity contribution in [2.75, 3.05) is 19.0 Å². The summed E-state index contributed by atoms with van der Waals surface area (Å²) in [5.74, 6) is 0.839. The van der Waals surface area contributed by atoms with Crippen LogP contribution in [0.3, 0.4) is 0 Å². The minimum atomic E-state index is -0.159. The van der Waals surface area contributed by atoms with Crippen LogP contribution in [0.1, 0.15) is 17.5 Å². The van der Waals surface area contributed by atoms with Gasteiger partial charge in [0.25, 0.3) is 0 Å². The highest BCUT2D eigenvalue weighted by Gasteiger charge is 2.11.